The predicted octanol–water partition coefficient (Wildman–Crippen LogP) is 15.5. The van der Waals surface area contributed by atoms with Gasteiger partial charge in [0, 0.05) is 47.9 Å². The van der Waals surface area contributed by atoms with E-state index in [9.17, 15) is 0 Å². The molecule has 2 aliphatic rings. The first-order valence-corrected chi connectivity index (χ1v) is 21.9. The van der Waals surface area contributed by atoms with E-state index in [1.165, 1.54) is 80.6 Å². The fourth-order valence-corrected chi connectivity index (χ4v) is 11.4. The standard InChI is InChI=1S/C56H38N2OS/c1-2-14-36-31-52-45(28-35(36)13-1)42-17-5-8-21-51(42)58(52)39-32-47-43-18-6-9-22-53(43)59-56(47)48(33-39)49-26-24-38(30-50(57-49)41-20-11-15-34-12-3-4-16-40(34)41)37-25-27-55-46(29-37)44-19-7-10-23-54(44)60-55/h1-23,28-33,49H,24-27H2. The number of benzene rings is 8. The maximum atomic E-state index is 6.90. The Kier molecular flexibility index (Phi) is 7.49. The van der Waals surface area contributed by atoms with E-state index in [0.717, 1.165) is 64.6 Å². The number of para-hydroxylation sites is 2. The summed E-state index contributed by atoms with van der Waals surface area (Å²) in [5.41, 5.74) is 12.9. The number of fused-ring (bicyclic) bond motifs is 11. The molecule has 8 aromatic carbocycles. The molecule has 1 unspecified atom stereocenters. The highest BCUT2D eigenvalue weighted by Gasteiger charge is 2.27. The molecule has 284 valence electrons. The van der Waals surface area contributed by atoms with Gasteiger partial charge in [0.15, 0.2) is 0 Å². The average Bonchev–Trinajstić information content (AvgIpc) is 3.91. The molecule has 11 aromatic rings. The van der Waals surface area contributed by atoms with Gasteiger partial charge in [-0.1, -0.05) is 121 Å². The van der Waals surface area contributed by atoms with Gasteiger partial charge in [-0.2, -0.15) is 0 Å². The van der Waals surface area contributed by atoms with E-state index >= 15 is 0 Å². The van der Waals surface area contributed by atoms with Crippen molar-refractivity contribution in [3.63, 3.8) is 0 Å². The smallest absolute Gasteiger partial charge is 0.140 e. The maximum absolute atomic E-state index is 6.90. The SMILES string of the molecule is C1=C(C2=CC(c3cccc4ccccc34)=NC(c3cc(-n4c5ccccc5c5cc6ccccc6cc54)cc4c3oc3ccccc34)CC2)CCc2sc3ccccc3c21. The number of furan rings is 1. The number of aliphatic imine (C=N–C) groups is 1. The summed E-state index contributed by atoms with van der Waals surface area (Å²) in [5.74, 6) is 0. The fourth-order valence-electron chi connectivity index (χ4n) is 10.2. The second kappa shape index (κ2) is 13.3. The highest BCUT2D eigenvalue weighted by molar-refractivity contribution is 7.19. The lowest BCUT2D eigenvalue weighted by Gasteiger charge is -2.18. The zero-order valence-corrected chi connectivity index (χ0v) is 33.7. The first kappa shape index (κ1) is 33.9. The van der Waals surface area contributed by atoms with Crippen LogP contribution in [0.25, 0.3) is 87.1 Å². The number of thiophene rings is 1. The molecule has 1 aliphatic carbocycles. The van der Waals surface area contributed by atoms with Crippen molar-refractivity contribution in [2.75, 3.05) is 0 Å². The van der Waals surface area contributed by atoms with Gasteiger partial charge in [0.2, 0.25) is 0 Å². The molecular weight excluding hydrogens is 749 g/mol. The highest BCUT2D eigenvalue weighted by atomic mass is 32.1. The van der Waals surface area contributed by atoms with Crippen LogP contribution in [0.5, 0.6) is 0 Å². The van der Waals surface area contributed by atoms with Gasteiger partial charge in [-0.15, -0.1) is 11.3 Å². The Balaban J connectivity index is 1.04. The molecule has 4 heteroatoms. The Hall–Kier alpha value is -7.01. The summed E-state index contributed by atoms with van der Waals surface area (Å²) in [5, 5.41) is 11.0. The second-order valence-corrected chi connectivity index (χ2v) is 17.6. The first-order chi connectivity index (χ1) is 29.7. The van der Waals surface area contributed by atoms with E-state index in [2.05, 4.69) is 181 Å². The molecule has 3 nitrogen and oxygen atoms in total. The first-order valence-electron chi connectivity index (χ1n) is 21.1. The van der Waals surface area contributed by atoms with Crippen molar-refractivity contribution in [2.45, 2.75) is 31.7 Å². The number of allylic oxidation sites excluding steroid dienone is 3. The molecule has 0 saturated heterocycles. The zero-order valence-electron chi connectivity index (χ0n) is 32.9. The monoisotopic (exact) mass is 786 g/mol. The molecule has 1 aliphatic heterocycles. The number of aryl methyl sites for hydroxylation is 1. The maximum Gasteiger partial charge on any atom is 0.140 e. The van der Waals surface area contributed by atoms with E-state index in [0.29, 0.717) is 0 Å². The molecule has 0 amide bonds. The Morgan fingerprint density at radius 3 is 2.15 bits per heavy atom. The minimum atomic E-state index is -0.147. The molecule has 3 aromatic heterocycles. The van der Waals surface area contributed by atoms with Gasteiger partial charge in [-0.25, -0.2) is 0 Å². The zero-order chi connectivity index (χ0) is 39.3. The van der Waals surface area contributed by atoms with Crippen LogP contribution in [-0.2, 0) is 6.42 Å². The Bertz CT molecular complexity index is 3680. The minimum Gasteiger partial charge on any atom is -0.456 e. The van der Waals surface area contributed by atoms with E-state index in [1.807, 2.05) is 11.3 Å². The van der Waals surface area contributed by atoms with Gasteiger partial charge in [0.25, 0.3) is 0 Å². The lowest BCUT2D eigenvalue weighted by atomic mass is 9.87. The number of hydrogen-bond acceptors (Lipinski definition) is 3. The number of hydrogen-bond donors (Lipinski definition) is 0. The van der Waals surface area contributed by atoms with Crippen LogP contribution >= 0.6 is 11.3 Å². The summed E-state index contributed by atoms with van der Waals surface area (Å²) < 4.78 is 10.7. The molecule has 4 heterocycles. The normalized spacial score (nSPS) is 15.9. The van der Waals surface area contributed by atoms with Gasteiger partial charge >= 0.3 is 0 Å². The van der Waals surface area contributed by atoms with Crippen molar-refractivity contribution >= 4 is 98.5 Å². The fraction of sp³-hybridized carbons (Fsp3) is 0.0893. The summed E-state index contributed by atoms with van der Waals surface area (Å²) in [6.45, 7) is 0. The molecule has 0 saturated carbocycles. The lowest BCUT2D eigenvalue weighted by molar-refractivity contribution is 0.623. The Morgan fingerprint density at radius 2 is 1.25 bits per heavy atom. The van der Waals surface area contributed by atoms with Crippen LogP contribution in [0.15, 0.2) is 190 Å². The molecule has 0 bridgehead atoms. The van der Waals surface area contributed by atoms with Crippen LogP contribution in [0.3, 0.4) is 0 Å². The summed E-state index contributed by atoms with van der Waals surface area (Å²) in [6.07, 6.45) is 8.79. The lowest BCUT2D eigenvalue weighted by Crippen LogP contribution is -2.04. The van der Waals surface area contributed by atoms with E-state index in [-0.39, 0.29) is 6.04 Å². The van der Waals surface area contributed by atoms with Gasteiger partial charge in [-0.3, -0.25) is 4.99 Å². The van der Waals surface area contributed by atoms with E-state index in [1.54, 1.807) is 0 Å². The largest absolute Gasteiger partial charge is 0.456 e. The van der Waals surface area contributed by atoms with Gasteiger partial charge in [0.1, 0.15) is 11.2 Å². The van der Waals surface area contributed by atoms with Crippen molar-refractivity contribution in [2.24, 2.45) is 4.99 Å². The average molecular weight is 787 g/mol. The van der Waals surface area contributed by atoms with Crippen molar-refractivity contribution in [1.29, 1.82) is 0 Å². The van der Waals surface area contributed by atoms with Crippen molar-refractivity contribution in [1.82, 2.24) is 4.57 Å². The van der Waals surface area contributed by atoms with Crippen LogP contribution in [-0.4, -0.2) is 10.3 Å². The Labute approximate surface area is 350 Å². The molecule has 0 spiro atoms. The summed E-state index contributed by atoms with van der Waals surface area (Å²) in [7, 11) is 0. The number of nitrogens with zero attached hydrogens (tertiary/aromatic N) is 2. The molecule has 0 radical (unpaired) electrons. The molecule has 1 atom stereocenters. The van der Waals surface area contributed by atoms with Gasteiger partial charge < -0.3 is 8.98 Å². The number of aromatic nitrogens is 1. The predicted molar refractivity (Wildman–Crippen MR) is 254 cm³/mol. The van der Waals surface area contributed by atoms with Crippen molar-refractivity contribution < 1.29 is 4.42 Å². The minimum absolute atomic E-state index is 0.147. The van der Waals surface area contributed by atoms with Crippen LogP contribution in [0.2, 0.25) is 0 Å². The van der Waals surface area contributed by atoms with E-state index in [4.69, 9.17) is 9.41 Å². The molecular formula is C56H38N2OS. The molecule has 0 N–H and O–H groups in total. The van der Waals surface area contributed by atoms with E-state index < -0.39 is 0 Å². The van der Waals surface area contributed by atoms with Gasteiger partial charge in [0.05, 0.1) is 22.8 Å². The quantitative estimate of drug-likeness (QED) is 0.175. The summed E-state index contributed by atoms with van der Waals surface area (Å²) >= 11 is 1.95. The third-order valence-corrected chi connectivity index (χ3v) is 14.3. The van der Waals surface area contributed by atoms with Crippen molar-refractivity contribution in [3.8, 4) is 5.69 Å². The van der Waals surface area contributed by atoms with Crippen molar-refractivity contribution in [3.05, 3.63) is 203 Å². The third kappa shape index (κ3) is 5.24. The topological polar surface area (TPSA) is 30.4 Å². The summed E-state index contributed by atoms with van der Waals surface area (Å²) in [4.78, 5) is 7.35. The van der Waals surface area contributed by atoms with Crippen LogP contribution in [0.4, 0.5) is 0 Å². The highest BCUT2D eigenvalue weighted by Crippen LogP contribution is 2.45. The van der Waals surface area contributed by atoms with Crippen LogP contribution in [0, 0.1) is 0 Å². The summed E-state index contributed by atoms with van der Waals surface area (Å²) in [6, 6.07) is 59.6. The molecule has 13 rings (SSSR count). The molecule has 0 fully saturated rings. The Morgan fingerprint density at radius 1 is 0.533 bits per heavy atom. The van der Waals surface area contributed by atoms with Crippen LogP contribution in [0.1, 0.15) is 46.9 Å². The van der Waals surface area contributed by atoms with Crippen LogP contribution < -0.4 is 0 Å². The van der Waals surface area contributed by atoms with Gasteiger partial charge in [-0.05, 0) is 124 Å². The third-order valence-electron chi connectivity index (χ3n) is 13.1. The number of rotatable bonds is 4. The second-order valence-electron chi connectivity index (χ2n) is 16.4. The molecule has 60 heavy (non-hydrogen) atoms.